The molecule has 0 atom stereocenters. The van der Waals surface area contributed by atoms with Crippen molar-refractivity contribution < 1.29 is 4.42 Å². The van der Waals surface area contributed by atoms with Crippen LogP contribution in [-0.4, -0.2) is 11.5 Å². The van der Waals surface area contributed by atoms with Gasteiger partial charge in [-0.1, -0.05) is 12.5 Å². The fourth-order valence-electron chi connectivity index (χ4n) is 2.37. The van der Waals surface area contributed by atoms with E-state index >= 15 is 0 Å². The lowest BCUT2D eigenvalue weighted by atomic mass is 9.69. The van der Waals surface area contributed by atoms with Gasteiger partial charge < -0.3 is 10.2 Å². The Morgan fingerprint density at radius 2 is 2.25 bits per heavy atom. The lowest BCUT2D eigenvalue weighted by Gasteiger charge is -2.37. The van der Waals surface area contributed by atoms with Gasteiger partial charge in [-0.3, -0.25) is 0 Å². The van der Waals surface area contributed by atoms with Gasteiger partial charge in [-0.2, -0.15) is 0 Å². The molecule has 16 heavy (non-hydrogen) atoms. The molecule has 1 fully saturated rings. The van der Waals surface area contributed by atoms with Crippen molar-refractivity contribution in [1.29, 1.82) is 0 Å². The topological polar surface area (TPSA) is 52.0 Å². The Morgan fingerprint density at radius 1 is 1.44 bits per heavy atom. The molecule has 0 unspecified atom stereocenters. The van der Waals surface area contributed by atoms with Crippen molar-refractivity contribution >= 4 is 11.1 Å². The van der Waals surface area contributed by atoms with Gasteiger partial charge in [0.15, 0.2) is 5.58 Å². The first-order chi connectivity index (χ1) is 7.73. The van der Waals surface area contributed by atoms with E-state index in [1.807, 2.05) is 12.1 Å². The number of nitrogens with two attached hydrogens (primary N) is 1. The number of benzene rings is 1. The average Bonchev–Trinajstić information content (AvgIpc) is 2.60. The maximum atomic E-state index is 5.86. The quantitative estimate of drug-likeness (QED) is 0.839. The first-order valence-electron chi connectivity index (χ1n) is 5.81. The van der Waals surface area contributed by atoms with Crippen LogP contribution in [0, 0.1) is 6.92 Å². The standard InChI is InChI=1S/C13H16N2O/c1-9-3-4-10-11(7-9)16-12(15-10)13(8-14)5-2-6-13/h3-4,7H,2,5-6,8,14H2,1H3. The molecule has 3 heteroatoms. The molecule has 3 rings (SSSR count). The van der Waals surface area contributed by atoms with Crippen LogP contribution in [0.5, 0.6) is 0 Å². The summed E-state index contributed by atoms with van der Waals surface area (Å²) in [7, 11) is 0. The SMILES string of the molecule is Cc1ccc2nc(C3(CN)CCC3)oc2c1. The number of aromatic nitrogens is 1. The van der Waals surface area contributed by atoms with Crippen molar-refractivity contribution in [3.63, 3.8) is 0 Å². The zero-order valence-corrected chi connectivity index (χ0v) is 9.49. The third-order valence-corrected chi connectivity index (χ3v) is 3.70. The molecule has 1 saturated carbocycles. The van der Waals surface area contributed by atoms with Crippen molar-refractivity contribution in [2.45, 2.75) is 31.6 Å². The second kappa shape index (κ2) is 3.32. The molecule has 0 aliphatic heterocycles. The van der Waals surface area contributed by atoms with Crippen LogP contribution in [0.1, 0.15) is 30.7 Å². The van der Waals surface area contributed by atoms with Crippen LogP contribution in [0.3, 0.4) is 0 Å². The highest BCUT2D eigenvalue weighted by Gasteiger charge is 2.41. The van der Waals surface area contributed by atoms with Crippen LogP contribution < -0.4 is 5.73 Å². The summed E-state index contributed by atoms with van der Waals surface area (Å²) in [6.45, 7) is 2.70. The number of oxazole rings is 1. The van der Waals surface area contributed by atoms with Crippen molar-refractivity contribution in [2.24, 2.45) is 5.73 Å². The zero-order chi connectivity index (χ0) is 11.2. The van der Waals surface area contributed by atoms with Crippen molar-refractivity contribution in [1.82, 2.24) is 4.98 Å². The molecule has 1 aliphatic rings. The van der Waals surface area contributed by atoms with Crippen molar-refractivity contribution in [3.05, 3.63) is 29.7 Å². The van der Waals surface area contributed by atoms with Crippen LogP contribution in [0.15, 0.2) is 22.6 Å². The van der Waals surface area contributed by atoms with E-state index in [2.05, 4.69) is 18.0 Å². The molecule has 2 N–H and O–H groups in total. The Balaban J connectivity index is 2.11. The summed E-state index contributed by atoms with van der Waals surface area (Å²) in [5, 5.41) is 0. The minimum absolute atomic E-state index is 0.0208. The van der Waals surface area contributed by atoms with Crippen LogP contribution in [-0.2, 0) is 5.41 Å². The van der Waals surface area contributed by atoms with E-state index in [1.165, 1.54) is 12.0 Å². The highest BCUT2D eigenvalue weighted by molar-refractivity contribution is 5.73. The Kier molecular flexibility index (Phi) is 2.04. The predicted molar refractivity (Wildman–Crippen MR) is 63.3 cm³/mol. The molecular formula is C13H16N2O. The molecule has 1 aliphatic carbocycles. The Labute approximate surface area is 94.7 Å². The first kappa shape index (κ1) is 9.85. The van der Waals surface area contributed by atoms with Gasteiger partial charge in [-0.05, 0) is 37.5 Å². The van der Waals surface area contributed by atoms with Crippen LogP contribution in [0.4, 0.5) is 0 Å². The molecule has 1 aromatic carbocycles. The fourth-order valence-corrected chi connectivity index (χ4v) is 2.37. The van der Waals surface area contributed by atoms with E-state index in [0.29, 0.717) is 6.54 Å². The van der Waals surface area contributed by atoms with E-state index in [0.717, 1.165) is 29.8 Å². The summed E-state index contributed by atoms with van der Waals surface area (Å²) in [6.07, 6.45) is 3.44. The van der Waals surface area contributed by atoms with Gasteiger partial charge in [0.2, 0.25) is 5.89 Å². The summed E-state index contributed by atoms with van der Waals surface area (Å²) in [5.74, 6) is 0.835. The molecular weight excluding hydrogens is 200 g/mol. The number of fused-ring (bicyclic) bond motifs is 1. The summed E-state index contributed by atoms with van der Waals surface area (Å²) in [5.41, 5.74) is 8.90. The molecule has 1 heterocycles. The highest BCUT2D eigenvalue weighted by Crippen LogP contribution is 2.43. The van der Waals surface area contributed by atoms with Gasteiger partial charge in [0.1, 0.15) is 5.52 Å². The van der Waals surface area contributed by atoms with E-state index < -0.39 is 0 Å². The average molecular weight is 216 g/mol. The predicted octanol–water partition coefficient (Wildman–Crippen LogP) is 2.52. The van der Waals surface area contributed by atoms with E-state index in [4.69, 9.17) is 10.2 Å². The van der Waals surface area contributed by atoms with Gasteiger partial charge in [0, 0.05) is 6.54 Å². The highest BCUT2D eigenvalue weighted by atomic mass is 16.3. The minimum Gasteiger partial charge on any atom is -0.440 e. The fraction of sp³-hybridized carbons (Fsp3) is 0.462. The summed E-state index contributed by atoms with van der Waals surface area (Å²) in [6, 6.07) is 6.11. The van der Waals surface area contributed by atoms with Crippen molar-refractivity contribution in [3.8, 4) is 0 Å². The van der Waals surface area contributed by atoms with E-state index in [9.17, 15) is 0 Å². The van der Waals surface area contributed by atoms with E-state index in [1.54, 1.807) is 0 Å². The molecule has 0 saturated heterocycles. The number of aryl methyl sites for hydroxylation is 1. The third-order valence-electron chi connectivity index (χ3n) is 3.70. The molecule has 2 aromatic rings. The third kappa shape index (κ3) is 1.28. The maximum absolute atomic E-state index is 5.86. The summed E-state index contributed by atoms with van der Waals surface area (Å²) >= 11 is 0. The first-order valence-corrected chi connectivity index (χ1v) is 5.81. The van der Waals surface area contributed by atoms with Crippen LogP contribution >= 0.6 is 0 Å². The monoisotopic (exact) mass is 216 g/mol. The van der Waals surface area contributed by atoms with Gasteiger partial charge >= 0.3 is 0 Å². The zero-order valence-electron chi connectivity index (χ0n) is 9.49. The van der Waals surface area contributed by atoms with E-state index in [-0.39, 0.29) is 5.41 Å². The minimum atomic E-state index is 0.0208. The molecule has 0 spiro atoms. The Bertz CT molecular complexity index is 520. The molecule has 0 radical (unpaired) electrons. The normalized spacial score (nSPS) is 18.6. The summed E-state index contributed by atoms with van der Waals surface area (Å²) < 4.78 is 5.86. The van der Waals surface area contributed by atoms with Gasteiger partial charge in [-0.25, -0.2) is 4.98 Å². The Morgan fingerprint density at radius 3 is 2.88 bits per heavy atom. The molecule has 1 aromatic heterocycles. The maximum Gasteiger partial charge on any atom is 0.202 e. The second-order valence-corrected chi connectivity index (χ2v) is 4.83. The smallest absolute Gasteiger partial charge is 0.202 e. The summed E-state index contributed by atoms with van der Waals surface area (Å²) in [4.78, 5) is 4.57. The molecule has 0 amide bonds. The van der Waals surface area contributed by atoms with Gasteiger partial charge in [-0.15, -0.1) is 0 Å². The number of hydrogen-bond donors (Lipinski definition) is 1. The number of nitrogens with zero attached hydrogens (tertiary/aromatic N) is 1. The Hall–Kier alpha value is -1.35. The van der Waals surface area contributed by atoms with Gasteiger partial charge in [0.05, 0.1) is 5.41 Å². The van der Waals surface area contributed by atoms with Crippen LogP contribution in [0.25, 0.3) is 11.1 Å². The molecule has 84 valence electrons. The number of hydrogen-bond acceptors (Lipinski definition) is 3. The second-order valence-electron chi connectivity index (χ2n) is 4.83. The molecule has 0 bridgehead atoms. The van der Waals surface area contributed by atoms with Gasteiger partial charge in [0.25, 0.3) is 0 Å². The largest absolute Gasteiger partial charge is 0.440 e. The lowest BCUT2D eigenvalue weighted by molar-refractivity contribution is 0.203. The number of rotatable bonds is 2. The molecule has 3 nitrogen and oxygen atoms in total. The van der Waals surface area contributed by atoms with Crippen LogP contribution in [0.2, 0.25) is 0 Å². The lowest BCUT2D eigenvalue weighted by Crippen LogP contribution is -2.41. The van der Waals surface area contributed by atoms with Crippen molar-refractivity contribution in [2.75, 3.05) is 6.54 Å².